The number of carbonyl (C=O) groups excluding carboxylic acids is 1. The minimum absolute atomic E-state index is 0.0514. The summed E-state index contributed by atoms with van der Waals surface area (Å²) in [5.41, 5.74) is 0. The molecule has 22 heavy (non-hydrogen) atoms. The second-order valence-electron chi connectivity index (χ2n) is 7.22. The van der Waals surface area contributed by atoms with Crippen molar-refractivity contribution in [3.63, 3.8) is 0 Å². The van der Waals surface area contributed by atoms with Gasteiger partial charge in [0.05, 0.1) is 12.6 Å². The highest BCUT2D eigenvalue weighted by Crippen LogP contribution is 2.28. The Morgan fingerprint density at radius 1 is 1.18 bits per heavy atom. The fraction of sp³-hybridized carbons (Fsp3) is 0.941. The molecule has 2 saturated heterocycles. The lowest BCUT2D eigenvalue weighted by Crippen LogP contribution is -2.46. The highest BCUT2D eigenvalue weighted by Gasteiger charge is 2.25. The zero-order valence-electron chi connectivity index (χ0n) is 13.7. The van der Waals surface area contributed by atoms with Crippen molar-refractivity contribution in [3.05, 3.63) is 0 Å². The average Bonchev–Trinajstić information content (AvgIpc) is 3.20. The Balaban J connectivity index is 1.28. The van der Waals surface area contributed by atoms with Gasteiger partial charge >= 0.3 is 0 Å². The van der Waals surface area contributed by atoms with Gasteiger partial charge in [-0.05, 0) is 63.5 Å². The first-order chi connectivity index (χ1) is 10.8. The van der Waals surface area contributed by atoms with Crippen LogP contribution in [0.2, 0.25) is 0 Å². The Morgan fingerprint density at radius 2 is 2.09 bits per heavy atom. The highest BCUT2D eigenvalue weighted by atomic mass is 16.5. The van der Waals surface area contributed by atoms with Gasteiger partial charge in [0.1, 0.15) is 0 Å². The molecule has 5 heteroatoms. The van der Waals surface area contributed by atoms with E-state index in [1.165, 1.54) is 32.2 Å². The SMILES string of the molecule is O=C(NCC1CCCN(CCOCC2CC2)C1)C1CCCN1. The lowest BCUT2D eigenvalue weighted by Gasteiger charge is -2.32. The van der Waals surface area contributed by atoms with Crippen LogP contribution in [-0.2, 0) is 9.53 Å². The maximum Gasteiger partial charge on any atom is 0.237 e. The first-order valence-corrected chi connectivity index (χ1v) is 9.12. The van der Waals surface area contributed by atoms with E-state index in [-0.39, 0.29) is 11.9 Å². The summed E-state index contributed by atoms with van der Waals surface area (Å²) in [7, 11) is 0. The van der Waals surface area contributed by atoms with E-state index in [2.05, 4.69) is 15.5 Å². The van der Waals surface area contributed by atoms with Crippen molar-refractivity contribution in [2.24, 2.45) is 11.8 Å². The summed E-state index contributed by atoms with van der Waals surface area (Å²) < 4.78 is 5.74. The lowest BCUT2D eigenvalue weighted by atomic mass is 9.98. The monoisotopic (exact) mass is 309 g/mol. The van der Waals surface area contributed by atoms with Crippen LogP contribution in [0.4, 0.5) is 0 Å². The molecular formula is C17H31N3O2. The molecule has 0 aromatic rings. The summed E-state index contributed by atoms with van der Waals surface area (Å²) in [4.78, 5) is 14.5. The van der Waals surface area contributed by atoms with Gasteiger partial charge in [-0.25, -0.2) is 0 Å². The molecule has 2 unspecified atom stereocenters. The molecular weight excluding hydrogens is 278 g/mol. The minimum Gasteiger partial charge on any atom is -0.380 e. The summed E-state index contributed by atoms with van der Waals surface area (Å²) in [5.74, 6) is 1.65. The average molecular weight is 309 g/mol. The normalized spacial score (nSPS) is 29.6. The Kier molecular flexibility index (Phi) is 6.10. The van der Waals surface area contributed by atoms with Crippen LogP contribution < -0.4 is 10.6 Å². The van der Waals surface area contributed by atoms with Gasteiger partial charge in [-0.3, -0.25) is 4.79 Å². The Bertz CT molecular complexity index is 354. The zero-order valence-corrected chi connectivity index (χ0v) is 13.7. The quantitative estimate of drug-likeness (QED) is 0.657. The maximum atomic E-state index is 12.0. The molecule has 0 aromatic carbocycles. The smallest absolute Gasteiger partial charge is 0.237 e. The second kappa shape index (κ2) is 8.27. The van der Waals surface area contributed by atoms with Crippen LogP contribution in [0.25, 0.3) is 0 Å². The topological polar surface area (TPSA) is 53.6 Å². The van der Waals surface area contributed by atoms with Gasteiger partial charge in [0.25, 0.3) is 0 Å². The van der Waals surface area contributed by atoms with Crippen LogP contribution in [0.1, 0.15) is 38.5 Å². The van der Waals surface area contributed by atoms with Gasteiger partial charge in [-0.1, -0.05) is 0 Å². The van der Waals surface area contributed by atoms with Crippen LogP contribution in [0.3, 0.4) is 0 Å². The van der Waals surface area contributed by atoms with Gasteiger partial charge in [0.2, 0.25) is 5.91 Å². The van der Waals surface area contributed by atoms with Crippen LogP contribution in [0.15, 0.2) is 0 Å². The minimum atomic E-state index is 0.0514. The van der Waals surface area contributed by atoms with Crippen molar-refractivity contribution >= 4 is 5.91 Å². The number of hydrogen-bond acceptors (Lipinski definition) is 4. The molecule has 2 atom stereocenters. The Hall–Kier alpha value is -0.650. The molecule has 1 saturated carbocycles. The molecule has 126 valence electrons. The summed E-state index contributed by atoms with van der Waals surface area (Å²) in [6.07, 6.45) is 7.31. The third-order valence-corrected chi connectivity index (χ3v) is 5.15. The second-order valence-corrected chi connectivity index (χ2v) is 7.22. The summed E-state index contributed by atoms with van der Waals surface area (Å²) >= 11 is 0. The number of piperidine rings is 1. The van der Waals surface area contributed by atoms with E-state index in [1.807, 2.05) is 0 Å². The molecule has 0 spiro atoms. The lowest BCUT2D eigenvalue weighted by molar-refractivity contribution is -0.123. The van der Waals surface area contributed by atoms with E-state index < -0.39 is 0 Å². The van der Waals surface area contributed by atoms with Crippen molar-refractivity contribution in [3.8, 4) is 0 Å². The molecule has 1 aliphatic carbocycles. The van der Waals surface area contributed by atoms with Crippen molar-refractivity contribution in [2.45, 2.75) is 44.6 Å². The van der Waals surface area contributed by atoms with Crippen LogP contribution in [0, 0.1) is 11.8 Å². The molecule has 0 radical (unpaired) electrons. The van der Waals surface area contributed by atoms with Crippen molar-refractivity contribution in [2.75, 3.05) is 45.9 Å². The number of nitrogens with one attached hydrogen (secondary N) is 2. The molecule has 5 nitrogen and oxygen atoms in total. The van der Waals surface area contributed by atoms with E-state index in [9.17, 15) is 4.79 Å². The molecule has 2 aliphatic heterocycles. The molecule has 2 heterocycles. The van der Waals surface area contributed by atoms with Gasteiger partial charge in [-0.2, -0.15) is 0 Å². The summed E-state index contributed by atoms with van der Waals surface area (Å²) in [6, 6.07) is 0.0514. The van der Waals surface area contributed by atoms with Gasteiger partial charge in [0.15, 0.2) is 0 Å². The number of rotatable bonds is 8. The Labute approximate surface area is 134 Å². The van der Waals surface area contributed by atoms with E-state index in [4.69, 9.17) is 4.74 Å². The van der Waals surface area contributed by atoms with Crippen molar-refractivity contribution in [1.29, 1.82) is 0 Å². The van der Waals surface area contributed by atoms with Gasteiger partial charge in [-0.15, -0.1) is 0 Å². The number of nitrogens with zero attached hydrogens (tertiary/aromatic N) is 1. The Morgan fingerprint density at radius 3 is 2.86 bits per heavy atom. The van der Waals surface area contributed by atoms with Crippen LogP contribution in [-0.4, -0.2) is 62.8 Å². The van der Waals surface area contributed by atoms with Gasteiger partial charge in [0, 0.05) is 26.2 Å². The number of hydrogen-bond donors (Lipinski definition) is 2. The van der Waals surface area contributed by atoms with E-state index >= 15 is 0 Å². The molecule has 0 aromatic heterocycles. The highest BCUT2D eigenvalue weighted by molar-refractivity contribution is 5.81. The van der Waals surface area contributed by atoms with E-state index in [1.54, 1.807) is 0 Å². The molecule has 3 aliphatic rings. The largest absolute Gasteiger partial charge is 0.380 e. The van der Waals surface area contributed by atoms with Crippen molar-refractivity contribution in [1.82, 2.24) is 15.5 Å². The number of carbonyl (C=O) groups is 1. The number of likely N-dealkylation sites (tertiary alicyclic amines) is 1. The molecule has 1 amide bonds. The zero-order chi connectivity index (χ0) is 15.2. The van der Waals surface area contributed by atoms with Crippen LogP contribution in [0.5, 0.6) is 0 Å². The molecule has 3 rings (SSSR count). The van der Waals surface area contributed by atoms with E-state index in [0.717, 1.165) is 58.2 Å². The first kappa shape index (κ1) is 16.2. The first-order valence-electron chi connectivity index (χ1n) is 9.12. The molecule has 2 N–H and O–H groups in total. The third kappa shape index (κ3) is 5.21. The van der Waals surface area contributed by atoms with Crippen molar-refractivity contribution < 1.29 is 9.53 Å². The van der Waals surface area contributed by atoms with E-state index in [0.29, 0.717) is 5.92 Å². The maximum absolute atomic E-state index is 12.0. The van der Waals surface area contributed by atoms with Crippen LogP contribution >= 0.6 is 0 Å². The fourth-order valence-electron chi connectivity index (χ4n) is 3.53. The number of amides is 1. The fourth-order valence-corrected chi connectivity index (χ4v) is 3.53. The summed E-state index contributed by atoms with van der Waals surface area (Å²) in [5, 5.41) is 6.41. The summed E-state index contributed by atoms with van der Waals surface area (Å²) in [6.45, 7) is 6.96. The predicted octanol–water partition coefficient (Wildman–Crippen LogP) is 0.993. The van der Waals surface area contributed by atoms with Gasteiger partial charge < -0.3 is 20.3 Å². The standard InChI is InChI=1S/C17H31N3O2/c21-17(16-4-1-7-18-16)19-11-15-3-2-8-20(12-15)9-10-22-13-14-5-6-14/h14-16,18H,1-13H2,(H,19,21). The predicted molar refractivity (Wildman–Crippen MR) is 86.7 cm³/mol. The molecule has 3 fully saturated rings. The number of ether oxygens (including phenoxy) is 1. The third-order valence-electron chi connectivity index (χ3n) is 5.15. The molecule has 0 bridgehead atoms.